The third-order valence-electron chi connectivity index (χ3n) is 3.70. The van der Waals surface area contributed by atoms with Crippen molar-refractivity contribution in [2.45, 2.75) is 11.3 Å². The van der Waals surface area contributed by atoms with Crippen LogP contribution in [0.25, 0.3) is 0 Å². The second kappa shape index (κ2) is 10.2. The third kappa shape index (κ3) is 5.09. The number of ketones is 1. The van der Waals surface area contributed by atoms with Gasteiger partial charge in [0.05, 0.1) is 24.0 Å². The number of ether oxygens (including phenoxy) is 3. The number of hydrogen-bond acceptors (Lipinski definition) is 8. The molecule has 0 fully saturated rings. The first-order valence-electron chi connectivity index (χ1n) is 7.95. The van der Waals surface area contributed by atoms with Crippen LogP contribution in [0.3, 0.4) is 0 Å². The van der Waals surface area contributed by atoms with Crippen LogP contribution >= 0.6 is 23.4 Å². The van der Waals surface area contributed by atoms with E-state index in [1.54, 1.807) is 24.3 Å². The number of thioether (sulfide) groups is 1. The number of aromatic nitrogens is 1. The fourth-order valence-electron chi connectivity index (χ4n) is 2.33. The molecule has 0 radical (unpaired) electrons. The summed E-state index contributed by atoms with van der Waals surface area (Å²) in [5, 5.41) is 10.3. The summed E-state index contributed by atoms with van der Waals surface area (Å²) in [5.74, 6) is -0.779. The zero-order chi connectivity index (χ0) is 20.7. The lowest BCUT2D eigenvalue weighted by atomic mass is 10.1. The molecule has 0 aliphatic rings. The molecule has 2 rings (SSSR count). The summed E-state index contributed by atoms with van der Waals surface area (Å²) in [5.41, 5.74) is 0.857. The Labute approximate surface area is 171 Å². The van der Waals surface area contributed by atoms with E-state index in [-0.39, 0.29) is 33.4 Å². The summed E-state index contributed by atoms with van der Waals surface area (Å²) < 4.78 is 15.1. The number of halogens is 1. The van der Waals surface area contributed by atoms with Crippen LogP contribution in [-0.4, -0.2) is 43.8 Å². The molecule has 1 heterocycles. The number of hydrogen-bond donors (Lipinski definition) is 0. The van der Waals surface area contributed by atoms with Crippen LogP contribution in [-0.2, 0) is 14.2 Å². The van der Waals surface area contributed by atoms with Gasteiger partial charge < -0.3 is 14.2 Å². The van der Waals surface area contributed by atoms with Crippen molar-refractivity contribution in [3.63, 3.8) is 0 Å². The maximum atomic E-state index is 12.4. The van der Waals surface area contributed by atoms with Gasteiger partial charge in [0.25, 0.3) is 0 Å². The Bertz CT molecular complexity index is 908. The van der Waals surface area contributed by atoms with Crippen molar-refractivity contribution >= 4 is 35.1 Å². The van der Waals surface area contributed by atoms with Gasteiger partial charge in [0.15, 0.2) is 5.78 Å². The zero-order valence-corrected chi connectivity index (χ0v) is 17.0. The zero-order valence-electron chi connectivity index (χ0n) is 15.4. The third-order valence-corrected chi connectivity index (χ3v) is 4.94. The van der Waals surface area contributed by atoms with E-state index < -0.39 is 12.3 Å². The molecule has 0 bridgehead atoms. The molecule has 0 aliphatic heterocycles. The van der Waals surface area contributed by atoms with Gasteiger partial charge in [-0.15, -0.1) is 0 Å². The van der Waals surface area contributed by atoms with E-state index in [1.165, 1.54) is 27.4 Å². The van der Waals surface area contributed by atoms with Crippen molar-refractivity contribution in [3.8, 4) is 6.07 Å². The van der Waals surface area contributed by atoms with Gasteiger partial charge in [-0.25, -0.2) is 9.78 Å². The molecule has 0 saturated heterocycles. The van der Waals surface area contributed by atoms with E-state index in [0.29, 0.717) is 10.6 Å². The van der Waals surface area contributed by atoms with Crippen LogP contribution < -0.4 is 0 Å². The summed E-state index contributed by atoms with van der Waals surface area (Å²) in [4.78, 5) is 28.8. The molecule has 0 N–H and O–H groups in total. The fraction of sp³-hybridized carbons (Fsp3) is 0.263. The van der Waals surface area contributed by atoms with E-state index in [1.807, 2.05) is 6.07 Å². The molecule has 0 aliphatic carbocycles. The van der Waals surface area contributed by atoms with Crippen molar-refractivity contribution in [2.24, 2.45) is 0 Å². The second-order valence-corrected chi connectivity index (χ2v) is 6.80. The number of carbonyl (C=O) groups is 2. The number of nitriles is 1. The lowest BCUT2D eigenvalue weighted by Gasteiger charge is -2.17. The summed E-state index contributed by atoms with van der Waals surface area (Å²) in [6, 6.07) is 9.85. The first kappa shape index (κ1) is 21.9. The average Bonchev–Trinajstić information content (AvgIpc) is 2.72. The van der Waals surface area contributed by atoms with Gasteiger partial charge in [0.2, 0.25) is 6.29 Å². The predicted octanol–water partition coefficient (Wildman–Crippen LogP) is 3.66. The average molecular weight is 421 g/mol. The van der Waals surface area contributed by atoms with E-state index in [0.717, 1.165) is 11.8 Å². The first-order valence-corrected chi connectivity index (χ1v) is 9.32. The van der Waals surface area contributed by atoms with Crippen LogP contribution in [0.5, 0.6) is 0 Å². The minimum Gasteiger partial charge on any atom is -0.465 e. The predicted molar refractivity (Wildman–Crippen MR) is 104 cm³/mol. The largest absolute Gasteiger partial charge is 0.465 e. The smallest absolute Gasteiger partial charge is 0.339 e. The molecule has 28 heavy (non-hydrogen) atoms. The Balaban J connectivity index is 2.36. The van der Waals surface area contributed by atoms with Gasteiger partial charge in [0, 0.05) is 24.8 Å². The van der Waals surface area contributed by atoms with Gasteiger partial charge >= 0.3 is 5.97 Å². The highest BCUT2D eigenvalue weighted by Gasteiger charge is 2.25. The van der Waals surface area contributed by atoms with Crippen molar-refractivity contribution in [1.29, 1.82) is 5.26 Å². The molecule has 0 atom stereocenters. The summed E-state index contributed by atoms with van der Waals surface area (Å²) in [6.07, 6.45) is -0.937. The first-order chi connectivity index (χ1) is 13.4. The van der Waals surface area contributed by atoms with Crippen molar-refractivity contribution in [2.75, 3.05) is 27.1 Å². The van der Waals surface area contributed by atoms with Crippen LogP contribution in [0.4, 0.5) is 0 Å². The number of Topliss-reactive ketones (excluding diaryl/α,β-unsaturated/α-hetero) is 1. The van der Waals surface area contributed by atoms with E-state index in [4.69, 9.17) is 25.8 Å². The normalized spacial score (nSPS) is 10.6. The van der Waals surface area contributed by atoms with Crippen LogP contribution in [0, 0.1) is 11.3 Å². The maximum Gasteiger partial charge on any atom is 0.339 e. The standard InChI is InChI=1S/C19H17ClN2O5S/c1-25-18(24)14-8-12(9-21)17(22-16(14)19(26-2)27-3)28-10-15(23)11-4-6-13(20)7-5-11/h4-8,19H,10H2,1-3H3. The molecule has 1 aromatic heterocycles. The number of carbonyl (C=O) groups excluding carboxylic acids is 2. The molecule has 2 aromatic rings. The lowest BCUT2D eigenvalue weighted by Crippen LogP contribution is -2.16. The quantitative estimate of drug-likeness (QED) is 0.276. The SMILES string of the molecule is COC(=O)c1cc(C#N)c(SCC(=O)c2ccc(Cl)cc2)nc1C(OC)OC. The summed E-state index contributed by atoms with van der Waals surface area (Å²) in [6.45, 7) is 0. The van der Waals surface area contributed by atoms with E-state index in [2.05, 4.69) is 4.98 Å². The summed E-state index contributed by atoms with van der Waals surface area (Å²) >= 11 is 6.91. The molecule has 1 aromatic carbocycles. The Morgan fingerprint density at radius 1 is 1.21 bits per heavy atom. The minimum atomic E-state index is -0.937. The molecular weight excluding hydrogens is 404 g/mol. The number of nitrogens with zero attached hydrogens (tertiary/aromatic N) is 2. The Morgan fingerprint density at radius 3 is 2.39 bits per heavy atom. The second-order valence-electron chi connectivity index (χ2n) is 5.40. The highest BCUT2D eigenvalue weighted by molar-refractivity contribution is 8.00. The lowest BCUT2D eigenvalue weighted by molar-refractivity contribution is -0.109. The van der Waals surface area contributed by atoms with Gasteiger partial charge in [-0.2, -0.15) is 5.26 Å². The van der Waals surface area contributed by atoms with Crippen LogP contribution in [0.15, 0.2) is 35.4 Å². The topological polar surface area (TPSA) is 98.5 Å². The Hall–Kier alpha value is -2.44. The molecule has 0 unspecified atom stereocenters. The molecule has 9 heteroatoms. The van der Waals surface area contributed by atoms with Crippen molar-refractivity contribution in [3.05, 3.63) is 57.7 Å². The Morgan fingerprint density at radius 2 is 1.86 bits per heavy atom. The van der Waals surface area contributed by atoms with Gasteiger partial charge in [0.1, 0.15) is 16.8 Å². The molecule has 7 nitrogen and oxygen atoms in total. The Kier molecular flexibility index (Phi) is 7.96. The van der Waals surface area contributed by atoms with E-state index in [9.17, 15) is 14.9 Å². The number of methoxy groups -OCH3 is 3. The molecular formula is C19H17ClN2O5S. The maximum absolute atomic E-state index is 12.4. The van der Waals surface area contributed by atoms with Gasteiger partial charge in [-0.1, -0.05) is 23.4 Å². The number of esters is 1. The molecule has 0 amide bonds. The van der Waals surface area contributed by atoms with Crippen LogP contribution in [0.2, 0.25) is 5.02 Å². The van der Waals surface area contributed by atoms with Gasteiger partial charge in [-0.3, -0.25) is 4.79 Å². The molecule has 0 saturated carbocycles. The monoisotopic (exact) mass is 420 g/mol. The fourth-order valence-corrected chi connectivity index (χ4v) is 3.31. The highest BCUT2D eigenvalue weighted by atomic mass is 35.5. The number of pyridine rings is 1. The van der Waals surface area contributed by atoms with Crippen molar-refractivity contribution in [1.82, 2.24) is 4.98 Å². The van der Waals surface area contributed by atoms with Crippen molar-refractivity contribution < 1.29 is 23.8 Å². The minimum absolute atomic E-state index is 0.0466. The number of benzene rings is 1. The molecule has 0 spiro atoms. The molecule has 146 valence electrons. The van der Waals surface area contributed by atoms with E-state index >= 15 is 0 Å². The van der Waals surface area contributed by atoms with Gasteiger partial charge in [-0.05, 0) is 30.3 Å². The summed E-state index contributed by atoms with van der Waals surface area (Å²) in [7, 11) is 4.01. The highest BCUT2D eigenvalue weighted by Crippen LogP contribution is 2.28. The van der Waals surface area contributed by atoms with Crippen LogP contribution in [0.1, 0.15) is 38.3 Å². The number of rotatable bonds is 8.